The normalized spacial score (nSPS) is 9.00. The summed E-state index contributed by atoms with van der Waals surface area (Å²) in [6.45, 7) is 6.79. The van der Waals surface area contributed by atoms with E-state index in [1.54, 1.807) is 4.43 Å². The van der Waals surface area contributed by atoms with E-state index in [1.807, 2.05) is 0 Å². The Bertz CT molecular complexity index is 233. The second-order valence-electron chi connectivity index (χ2n) is 3.27. The minimum absolute atomic E-state index is 0. The van der Waals surface area contributed by atoms with Gasteiger partial charge in [-0.2, -0.15) is 0 Å². The number of aryl methyl sites for hydroxylation is 1. The molecule has 64 valence electrons. The van der Waals surface area contributed by atoms with Gasteiger partial charge in [-0.15, -0.1) is 0 Å². The molecule has 0 aliphatic carbocycles. The fraction of sp³-hybridized carbons (Fsp3) is 0.400. The van der Waals surface area contributed by atoms with Crippen LogP contribution in [0.25, 0.3) is 0 Å². The van der Waals surface area contributed by atoms with Crippen molar-refractivity contribution in [2.24, 2.45) is 0 Å². The summed E-state index contributed by atoms with van der Waals surface area (Å²) in [7, 11) is 0. The van der Waals surface area contributed by atoms with Crippen molar-refractivity contribution in [1.82, 2.24) is 0 Å². The molecule has 0 aliphatic heterocycles. The SMILES string of the molecule is Cc1cccc[c]1[Al+][CH](C)C.[F-]. The third kappa shape index (κ3) is 3.39. The molecule has 0 N–H and O–H groups in total. The first-order valence-corrected chi connectivity index (χ1v) is 5.35. The zero-order valence-corrected chi connectivity index (χ0v) is 9.00. The molecule has 1 aromatic carbocycles. The Hall–Kier alpha value is -0.318. The zero-order valence-electron chi connectivity index (χ0n) is 7.84. The standard InChI is InChI=1S/C7H7.C3H7.Al.FH/c1-7-5-3-2-4-6-7;1-3-2;;/h2-5H,1H3;3H,1-2H3;;1H/q;;+1;/p-1. The fourth-order valence-electron chi connectivity index (χ4n) is 1.13. The quantitative estimate of drug-likeness (QED) is 0.520. The Morgan fingerprint density at radius 3 is 2.25 bits per heavy atom. The first kappa shape index (κ1) is 11.7. The second-order valence-corrected chi connectivity index (χ2v) is 5.56. The summed E-state index contributed by atoms with van der Waals surface area (Å²) in [4.78, 5) is 0. The Kier molecular flexibility index (Phi) is 5.21. The summed E-state index contributed by atoms with van der Waals surface area (Å²) in [5, 5.41) is 0. The van der Waals surface area contributed by atoms with Crippen LogP contribution in [-0.4, -0.2) is 15.2 Å². The molecule has 0 fully saturated rings. The van der Waals surface area contributed by atoms with E-state index >= 15 is 0 Å². The maximum atomic E-state index is 2.29. The van der Waals surface area contributed by atoms with E-state index in [0.29, 0.717) is 15.2 Å². The van der Waals surface area contributed by atoms with Gasteiger partial charge < -0.3 is 4.70 Å². The monoisotopic (exact) mass is 180 g/mol. The molecular formula is C10H14AlF. The van der Waals surface area contributed by atoms with Gasteiger partial charge >= 0.3 is 75.0 Å². The summed E-state index contributed by atoms with van der Waals surface area (Å²) in [5.74, 6) is 0. The molecule has 1 rings (SSSR count). The maximum absolute atomic E-state index is 2.29. The van der Waals surface area contributed by atoms with Crippen LogP contribution < -0.4 is 9.13 Å². The van der Waals surface area contributed by atoms with Crippen molar-refractivity contribution >= 4 is 19.6 Å². The molecule has 2 heteroatoms. The Labute approximate surface area is 80.1 Å². The molecule has 0 atom stereocenters. The topological polar surface area (TPSA) is 0 Å². The van der Waals surface area contributed by atoms with Gasteiger partial charge in [0.1, 0.15) is 0 Å². The third-order valence-electron chi connectivity index (χ3n) is 1.70. The van der Waals surface area contributed by atoms with Crippen molar-refractivity contribution in [2.45, 2.75) is 25.6 Å². The van der Waals surface area contributed by atoms with E-state index in [2.05, 4.69) is 45.0 Å². The van der Waals surface area contributed by atoms with Gasteiger partial charge in [0.25, 0.3) is 0 Å². The van der Waals surface area contributed by atoms with Crippen LogP contribution in [0, 0.1) is 6.92 Å². The van der Waals surface area contributed by atoms with E-state index in [0.717, 1.165) is 4.78 Å². The van der Waals surface area contributed by atoms with Crippen LogP contribution >= 0.6 is 0 Å². The van der Waals surface area contributed by atoms with Crippen molar-refractivity contribution < 1.29 is 4.70 Å². The molecule has 0 aromatic heterocycles. The average Bonchev–Trinajstić information content (AvgIpc) is 1.93. The summed E-state index contributed by atoms with van der Waals surface area (Å²) in [6.07, 6.45) is 0. The van der Waals surface area contributed by atoms with E-state index < -0.39 is 0 Å². The van der Waals surface area contributed by atoms with Crippen LogP contribution in [0.15, 0.2) is 24.3 Å². The van der Waals surface area contributed by atoms with E-state index in [-0.39, 0.29) is 4.70 Å². The summed E-state index contributed by atoms with van der Waals surface area (Å²) in [5.41, 5.74) is 1.45. The second kappa shape index (κ2) is 5.35. The largest absolute Gasteiger partial charge is 1.00 e. The molecule has 0 nitrogen and oxygen atoms in total. The predicted octanol–water partition coefficient (Wildman–Crippen LogP) is -0.843. The molecular weight excluding hydrogens is 166 g/mol. The molecule has 12 heavy (non-hydrogen) atoms. The van der Waals surface area contributed by atoms with Gasteiger partial charge in [-0.25, -0.2) is 0 Å². The van der Waals surface area contributed by atoms with Gasteiger partial charge in [-0.1, -0.05) is 0 Å². The molecule has 0 saturated carbocycles. The number of hydrogen-bond donors (Lipinski definition) is 0. The van der Waals surface area contributed by atoms with Gasteiger partial charge in [-0.05, 0) is 0 Å². The molecule has 0 bridgehead atoms. The number of benzene rings is 1. The van der Waals surface area contributed by atoms with Crippen molar-refractivity contribution in [2.75, 3.05) is 0 Å². The predicted molar refractivity (Wildman–Crippen MR) is 51.7 cm³/mol. The van der Waals surface area contributed by atoms with Gasteiger partial charge in [0.15, 0.2) is 0 Å². The average molecular weight is 180 g/mol. The van der Waals surface area contributed by atoms with Crippen LogP contribution in [0.2, 0.25) is 4.78 Å². The van der Waals surface area contributed by atoms with Crippen LogP contribution in [0.4, 0.5) is 0 Å². The number of rotatable bonds is 2. The van der Waals surface area contributed by atoms with E-state index in [4.69, 9.17) is 0 Å². The number of halogens is 1. The van der Waals surface area contributed by atoms with Crippen molar-refractivity contribution in [1.29, 1.82) is 0 Å². The molecule has 1 aromatic rings. The first-order chi connectivity index (χ1) is 5.20. The van der Waals surface area contributed by atoms with Crippen molar-refractivity contribution in [3.8, 4) is 0 Å². The molecule has 0 unspecified atom stereocenters. The molecule has 0 heterocycles. The zero-order chi connectivity index (χ0) is 8.27. The molecule has 0 spiro atoms. The van der Waals surface area contributed by atoms with Crippen LogP contribution in [0.3, 0.4) is 0 Å². The summed E-state index contributed by atoms with van der Waals surface area (Å²) >= 11 is 0.477. The van der Waals surface area contributed by atoms with Gasteiger partial charge in [0, 0.05) is 0 Å². The van der Waals surface area contributed by atoms with Crippen LogP contribution in [-0.2, 0) is 0 Å². The minimum atomic E-state index is 0. The third-order valence-corrected chi connectivity index (χ3v) is 3.37. The van der Waals surface area contributed by atoms with Gasteiger partial charge in [0.2, 0.25) is 0 Å². The molecule has 0 radical (unpaired) electrons. The van der Waals surface area contributed by atoms with Crippen molar-refractivity contribution in [3.63, 3.8) is 0 Å². The smallest absolute Gasteiger partial charge is 1.00 e. The molecule has 0 saturated heterocycles. The van der Waals surface area contributed by atoms with E-state index in [1.165, 1.54) is 5.56 Å². The van der Waals surface area contributed by atoms with Gasteiger partial charge in [0.05, 0.1) is 0 Å². The maximum Gasteiger partial charge on any atom is -1.00 e. The van der Waals surface area contributed by atoms with Crippen LogP contribution in [0.1, 0.15) is 19.4 Å². The Balaban J connectivity index is 0.00000121. The van der Waals surface area contributed by atoms with Crippen molar-refractivity contribution in [3.05, 3.63) is 29.8 Å². The number of hydrogen-bond acceptors (Lipinski definition) is 0. The summed E-state index contributed by atoms with van der Waals surface area (Å²) < 4.78 is 2.42. The first-order valence-electron chi connectivity index (χ1n) is 4.10. The fourth-order valence-corrected chi connectivity index (χ4v) is 2.43. The minimum Gasteiger partial charge on any atom is -1.00 e. The Morgan fingerprint density at radius 1 is 1.17 bits per heavy atom. The molecule has 0 amide bonds. The Morgan fingerprint density at radius 2 is 1.75 bits per heavy atom. The summed E-state index contributed by atoms with van der Waals surface area (Å²) in [6, 6.07) is 8.70. The van der Waals surface area contributed by atoms with E-state index in [9.17, 15) is 0 Å². The van der Waals surface area contributed by atoms with Gasteiger partial charge in [-0.3, -0.25) is 0 Å². The van der Waals surface area contributed by atoms with Crippen LogP contribution in [0.5, 0.6) is 0 Å². The molecule has 0 aliphatic rings.